The fourth-order valence-electron chi connectivity index (χ4n) is 3.25. The normalized spacial score (nSPS) is 31.9. The summed E-state index contributed by atoms with van der Waals surface area (Å²) in [5.74, 6) is 2.07. The molecular formula is C15H21BrN2S2. The predicted octanol–water partition coefficient (Wildman–Crippen LogP) is 4.69. The molecule has 3 rings (SSSR count). The molecule has 0 amide bonds. The molecule has 0 aromatic carbocycles. The Kier molecular flexibility index (Phi) is 4.78. The van der Waals surface area contributed by atoms with Gasteiger partial charge >= 0.3 is 0 Å². The van der Waals surface area contributed by atoms with E-state index in [-0.39, 0.29) is 0 Å². The number of thioether (sulfide) groups is 1. The molecule has 5 heteroatoms. The van der Waals surface area contributed by atoms with E-state index in [1.54, 1.807) is 0 Å². The van der Waals surface area contributed by atoms with E-state index in [9.17, 15) is 0 Å². The third-order valence-corrected chi connectivity index (χ3v) is 7.08. The minimum atomic E-state index is 0.354. The summed E-state index contributed by atoms with van der Waals surface area (Å²) in [6.45, 7) is 3.28. The second-order valence-electron chi connectivity index (χ2n) is 6.04. The van der Waals surface area contributed by atoms with E-state index in [1.807, 2.05) is 23.1 Å². The molecule has 2 unspecified atom stereocenters. The van der Waals surface area contributed by atoms with Crippen LogP contribution in [0.4, 0.5) is 0 Å². The monoisotopic (exact) mass is 372 g/mol. The fourth-order valence-corrected chi connectivity index (χ4v) is 5.94. The summed E-state index contributed by atoms with van der Waals surface area (Å²) in [5, 5.41) is 4.91. The summed E-state index contributed by atoms with van der Waals surface area (Å²) in [5.41, 5.74) is 0.354. The maximum absolute atomic E-state index is 4.76. The number of amidine groups is 1. The van der Waals surface area contributed by atoms with Crippen LogP contribution in [-0.2, 0) is 6.42 Å². The SMILES string of the molecule is CC1CCCC2(CSC(=NCCc3ccc(Br)s3)N2)C1. The summed E-state index contributed by atoms with van der Waals surface area (Å²) in [7, 11) is 0. The van der Waals surface area contributed by atoms with Gasteiger partial charge in [-0.2, -0.15) is 0 Å². The lowest BCUT2D eigenvalue weighted by molar-refractivity contribution is 0.242. The summed E-state index contributed by atoms with van der Waals surface area (Å²) in [4.78, 5) is 6.17. The highest BCUT2D eigenvalue weighted by Gasteiger charge is 2.40. The summed E-state index contributed by atoms with van der Waals surface area (Å²) in [6, 6.07) is 4.31. The molecule has 2 nitrogen and oxygen atoms in total. The topological polar surface area (TPSA) is 24.4 Å². The van der Waals surface area contributed by atoms with Crippen molar-refractivity contribution in [2.75, 3.05) is 12.3 Å². The van der Waals surface area contributed by atoms with Crippen LogP contribution in [-0.4, -0.2) is 23.0 Å². The Morgan fingerprint density at radius 3 is 3.15 bits per heavy atom. The molecule has 2 aliphatic rings. The minimum absolute atomic E-state index is 0.354. The molecule has 1 aliphatic carbocycles. The first-order valence-corrected chi connectivity index (χ1v) is 9.94. The van der Waals surface area contributed by atoms with Gasteiger partial charge in [-0.25, -0.2) is 0 Å². The third kappa shape index (κ3) is 3.60. The Hall–Kier alpha value is -0.0000000000000000278. The number of hydrogen-bond acceptors (Lipinski definition) is 3. The van der Waals surface area contributed by atoms with Gasteiger partial charge in [0, 0.05) is 29.1 Å². The van der Waals surface area contributed by atoms with Crippen LogP contribution in [0.25, 0.3) is 0 Å². The van der Waals surface area contributed by atoms with E-state index < -0.39 is 0 Å². The zero-order valence-electron chi connectivity index (χ0n) is 11.8. The predicted molar refractivity (Wildman–Crippen MR) is 94.0 cm³/mol. The van der Waals surface area contributed by atoms with Gasteiger partial charge in [-0.1, -0.05) is 31.5 Å². The zero-order chi connectivity index (χ0) is 14.0. The van der Waals surface area contributed by atoms with E-state index >= 15 is 0 Å². The molecular weight excluding hydrogens is 352 g/mol. The molecule has 0 radical (unpaired) electrons. The van der Waals surface area contributed by atoms with Gasteiger partial charge in [-0.05, 0) is 46.8 Å². The van der Waals surface area contributed by atoms with Crippen molar-refractivity contribution in [1.29, 1.82) is 0 Å². The van der Waals surface area contributed by atoms with Crippen LogP contribution in [0.3, 0.4) is 0 Å². The highest BCUT2D eigenvalue weighted by Crippen LogP contribution is 2.38. The number of aliphatic imine (C=N–C) groups is 1. The van der Waals surface area contributed by atoms with Gasteiger partial charge in [0.25, 0.3) is 0 Å². The summed E-state index contributed by atoms with van der Waals surface area (Å²) < 4.78 is 1.21. The molecule has 1 saturated heterocycles. The molecule has 2 heterocycles. The number of rotatable bonds is 3. The Labute approximate surface area is 138 Å². The van der Waals surface area contributed by atoms with Crippen molar-refractivity contribution in [2.24, 2.45) is 10.9 Å². The number of nitrogens with one attached hydrogen (secondary N) is 1. The van der Waals surface area contributed by atoms with Crippen LogP contribution < -0.4 is 5.32 Å². The lowest BCUT2D eigenvalue weighted by Gasteiger charge is -2.36. The molecule has 0 bridgehead atoms. The molecule has 1 aromatic rings. The van der Waals surface area contributed by atoms with E-state index in [2.05, 4.69) is 40.3 Å². The van der Waals surface area contributed by atoms with Gasteiger partial charge in [0.05, 0.1) is 3.79 Å². The van der Waals surface area contributed by atoms with E-state index in [1.165, 1.54) is 45.3 Å². The van der Waals surface area contributed by atoms with Crippen molar-refractivity contribution in [3.63, 3.8) is 0 Å². The average Bonchev–Trinajstić information content (AvgIpc) is 2.97. The van der Waals surface area contributed by atoms with Crippen molar-refractivity contribution in [3.05, 3.63) is 20.8 Å². The molecule has 1 saturated carbocycles. The standard InChI is InChI=1S/C15H21BrN2S2/c1-11-3-2-7-15(9-11)10-19-14(18-15)17-8-6-12-4-5-13(16)20-12/h4-5,11H,2-3,6-10H2,1H3,(H,17,18). The number of nitrogens with zero attached hydrogens (tertiary/aromatic N) is 1. The lowest BCUT2D eigenvalue weighted by atomic mass is 9.78. The molecule has 1 aliphatic heterocycles. The van der Waals surface area contributed by atoms with E-state index in [4.69, 9.17) is 4.99 Å². The van der Waals surface area contributed by atoms with Crippen molar-refractivity contribution >= 4 is 44.2 Å². The second kappa shape index (κ2) is 6.41. The Balaban J connectivity index is 1.52. The van der Waals surface area contributed by atoms with Crippen LogP contribution in [0.5, 0.6) is 0 Å². The Morgan fingerprint density at radius 1 is 1.50 bits per heavy atom. The van der Waals surface area contributed by atoms with Crippen molar-refractivity contribution in [2.45, 2.75) is 44.6 Å². The maximum Gasteiger partial charge on any atom is 0.157 e. The van der Waals surface area contributed by atoms with Crippen LogP contribution in [0.2, 0.25) is 0 Å². The molecule has 1 aromatic heterocycles. The largest absolute Gasteiger partial charge is 0.359 e. The summed E-state index contributed by atoms with van der Waals surface area (Å²) in [6.07, 6.45) is 6.45. The molecule has 2 atom stereocenters. The smallest absolute Gasteiger partial charge is 0.157 e. The van der Waals surface area contributed by atoms with Crippen molar-refractivity contribution in [1.82, 2.24) is 5.32 Å². The molecule has 1 spiro atoms. The number of thiophene rings is 1. The Morgan fingerprint density at radius 2 is 2.40 bits per heavy atom. The van der Waals surface area contributed by atoms with Crippen LogP contribution in [0.1, 0.15) is 37.5 Å². The molecule has 20 heavy (non-hydrogen) atoms. The Bertz CT molecular complexity index is 500. The first-order chi connectivity index (χ1) is 9.65. The van der Waals surface area contributed by atoms with Gasteiger partial charge in [0.1, 0.15) is 0 Å². The van der Waals surface area contributed by atoms with Crippen molar-refractivity contribution < 1.29 is 0 Å². The molecule has 2 fully saturated rings. The second-order valence-corrected chi connectivity index (χ2v) is 9.55. The van der Waals surface area contributed by atoms with Crippen LogP contribution >= 0.6 is 39.0 Å². The molecule has 1 N–H and O–H groups in total. The number of hydrogen-bond donors (Lipinski definition) is 1. The average molecular weight is 373 g/mol. The fraction of sp³-hybridized carbons (Fsp3) is 0.667. The van der Waals surface area contributed by atoms with Gasteiger partial charge in [0.2, 0.25) is 0 Å². The maximum atomic E-state index is 4.76. The third-order valence-electron chi connectivity index (χ3n) is 4.19. The van der Waals surface area contributed by atoms with Gasteiger partial charge in [-0.15, -0.1) is 11.3 Å². The summed E-state index contributed by atoms with van der Waals surface area (Å²) >= 11 is 7.25. The van der Waals surface area contributed by atoms with Gasteiger partial charge in [0.15, 0.2) is 5.17 Å². The highest BCUT2D eigenvalue weighted by atomic mass is 79.9. The zero-order valence-corrected chi connectivity index (χ0v) is 15.0. The van der Waals surface area contributed by atoms with Crippen LogP contribution in [0, 0.1) is 5.92 Å². The van der Waals surface area contributed by atoms with Crippen molar-refractivity contribution in [3.8, 4) is 0 Å². The quantitative estimate of drug-likeness (QED) is 0.831. The van der Waals surface area contributed by atoms with E-state index in [0.717, 1.165) is 18.9 Å². The van der Waals surface area contributed by atoms with Gasteiger partial charge < -0.3 is 5.32 Å². The number of halogens is 1. The minimum Gasteiger partial charge on any atom is -0.359 e. The van der Waals surface area contributed by atoms with Crippen LogP contribution in [0.15, 0.2) is 20.9 Å². The highest BCUT2D eigenvalue weighted by molar-refractivity contribution is 9.11. The first-order valence-electron chi connectivity index (χ1n) is 7.35. The lowest BCUT2D eigenvalue weighted by Crippen LogP contribution is -2.47. The molecule has 110 valence electrons. The van der Waals surface area contributed by atoms with E-state index in [0.29, 0.717) is 5.54 Å². The van der Waals surface area contributed by atoms with Gasteiger partial charge in [-0.3, -0.25) is 4.99 Å². The first kappa shape index (κ1) is 14.9.